The third-order valence-corrected chi connectivity index (χ3v) is 7.64. The second-order valence-electron chi connectivity index (χ2n) is 11.5. The molecule has 6 aromatic rings. The van der Waals surface area contributed by atoms with Crippen LogP contribution in [0.15, 0.2) is 85.1 Å². The van der Waals surface area contributed by atoms with Gasteiger partial charge in [0, 0.05) is 37.7 Å². The van der Waals surface area contributed by atoms with Crippen LogP contribution < -0.4 is 0 Å². The van der Waals surface area contributed by atoms with Crippen LogP contribution in [0.5, 0.6) is 0 Å². The van der Waals surface area contributed by atoms with E-state index in [2.05, 4.69) is 64.1 Å². The van der Waals surface area contributed by atoms with Gasteiger partial charge in [0.2, 0.25) is 0 Å². The average molecular weight is 779 g/mol. The van der Waals surface area contributed by atoms with E-state index in [9.17, 15) is 0 Å². The summed E-state index contributed by atoms with van der Waals surface area (Å²) in [6.45, 7) is 27.7. The number of imidazole rings is 1. The van der Waals surface area contributed by atoms with Crippen molar-refractivity contribution in [3.8, 4) is 28.5 Å². The van der Waals surface area contributed by atoms with Crippen LogP contribution in [0.4, 0.5) is 11.4 Å². The molecule has 4 aromatic carbocycles. The topological polar surface area (TPSA) is 52.3 Å². The SMILES string of the molecule is Cc1cnc(-c2[c-]cccc2)nc1C.[C-]#[N+]c1cc(C(C)C)c(-n2c(-c3[c-]cccc3)nc3ccc([N+]#[C-])cc32)c(C(C)C)c1.[Ir]. The van der Waals surface area contributed by atoms with Crippen LogP contribution in [0.3, 0.4) is 0 Å². The standard InChI is InChI=1S/C27H23N4.C12H11N2.Ir/c1-17(2)22-14-21(29-6)15-23(18(3)4)26(22)31-25-16-20(28-5)12-13-24(25)30-27(31)19-10-8-7-9-11-19;1-9-8-13-12(14-10(9)2)11-6-4-3-5-7-11;/h7-10,12-18H,1-4H3;3-6,8H,1-2H3;/q2*-1;. The minimum atomic E-state index is 0. The number of fused-ring (bicyclic) bond motifs is 1. The van der Waals surface area contributed by atoms with E-state index < -0.39 is 0 Å². The van der Waals surface area contributed by atoms with E-state index in [1.54, 1.807) is 6.07 Å². The van der Waals surface area contributed by atoms with Crippen molar-refractivity contribution in [3.05, 3.63) is 142 Å². The molecule has 0 aliphatic carbocycles. The predicted octanol–water partition coefficient (Wildman–Crippen LogP) is 10.4. The Morgan fingerprint density at radius 1 is 0.739 bits per heavy atom. The van der Waals surface area contributed by atoms with Gasteiger partial charge >= 0.3 is 0 Å². The molecule has 1 radical (unpaired) electrons. The van der Waals surface area contributed by atoms with Crippen LogP contribution in [0.25, 0.3) is 49.2 Å². The van der Waals surface area contributed by atoms with E-state index >= 15 is 0 Å². The fourth-order valence-corrected chi connectivity index (χ4v) is 5.13. The second-order valence-corrected chi connectivity index (χ2v) is 11.5. The summed E-state index contributed by atoms with van der Waals surface area (Å²) >= 11 is 0. The molecule has 0 saturated carbocycles. The molecule has 0 amide bonds. The summed E-state index contributed by atoms with van der Waals surface area (Å²) in [5.74, 6) is 1.96. The first-order valence-corrected chi connectivity index (χ1v) is 14.9. The maximum Gasteiger partial charge on any atom is 0.189 e. The zero-order valence-corrected chi connectivity index (χ0v) is 29.1. The third kappa shape index (κ3) is 7.13. The minimum Gasteiger partial charge on any atom is -0.334 e. The fourth-order valence-electron chi connectivity index (χ4n) is 5.13. The molecule has 0 fully saturated rings. The minimum absolute atomic E-state index is 0. The van der Waals surface area contributed by atoms with Gasteiger partial charge in [-0.05, 0) is 54.5 Å². The molecule has 6 nitrogen and oxygen atoms in total. The number of hydrogen-bond acceptors (Lipinski definition) is 3. The Kier molecular flexibility index (Phi) is 11.0. The Morgan fingerprint density at radius 2 is 1.35 bits per heavy atom. The Balaban J connectivity index is 0.000000268. The van der Waals surface area contributed by atoms with Crippen molar-refractivity contribution in [3.63, 3.8) is 0 Å². The monoisotopic (exact) mass is 779 g/mol. The molecule has 7 heteroatoms. The largest absolute Gasteiger partial charge is 0.334 e. The smallest absolute Gasteiger partial charge is 0.189 e. The first kappa shape index (κ1) is 33.9. The normalized spacial score (nSPS) is 10.6. The number of aryl methyl sites for hydroxylation is 2. The van der Waals surface area contributed by atoms with E-state index in [4.69, 9.17) is 18.1 Å². The summed E-state index contributed by atoms with van der Waals surface area (Å²) < 4.78 is 2.16. The van der Waals surface area contributed by atoms with Gasteiger partial charge in [-0.25, -0.2) is 9.69 Å². The Bertz CT molecular complexity index is 2020. The molecular formula is C39H34IrN6-2. The van der Waals surface area contributed by atoms with Gasteiger partial charge in [0.15, 0.2) is 11.4 Å². The zero-order valence-electron chi connectivity index (χ0n) is 26.8. The van der Waals surface area contributed by atoms with Crippen molar-refractivity contribution in [2.75, 3.05) is 0 Å². The van der Waals surface area contributed by atoms with E-state index in [0.29, 0.717) is 11.4 Å². The van der Waals surface area contributed by atoms with Gasteiger partial charge in [0.05, 0.1) is 35.8 Å². The number of nitrogens with zero attached hydrogens (tertiary/aromatic N) is 6. The quantitative estimate of drug-likeness (QED) is 0.164. The Labute approximate surface area is 285 Å². The molecule has 0 saturated heterocycles. The van der Waals surface area contributed by atoms with Gasteiger partial charge in [-0.2, -0.15) is 0 Å². The van der Waals surface area contributed by atoms with E-state index in [1.807, 2.05) is 92.8 Å². The maximum atomic E-state index is 7.59. The summed E-state index contributed by atoms with van der Waals surface area (Å²) in [7, 11) is 0. The van der Waals surface area contributed by atoms with Crippen LogP contribution in [0.1, 0.15) is 61.9 Å². The molecule has 0 aliphatic heterocycles. The first-order chi connectivity index (χ1) is 21.7. The summed E-state index contributed by atoms with van der Waals surface area (Å²) in [6.07, 6.45) is 1.85. The first-order valence-electron chi connectivity index (χ1n) is 14.9. The van der Waals surface area contributed by atoms with E-state index in [-0.39, 0.29) is 31.9 Å². The van der Waals surface area contributed by atoms with Gasteiger partial charge in [0.1, 0.15) is 0 Å². The van der Waals surface area contributed by atoms with Crippen molar-refractivity contribution in [1.29, 1.82) is 0 Å². The van der Waals surface area contributed by atoms with E-state index in [0.717, 1.165) is 61.9 Å². The molecule has 0 spiro atoms. The van der Waals surface area contributed by atoms with Crippen molar-refractivity contribution in [1.82, 2.24) is 19.5 Å². The number of benzene rings is 4. The molecule has 0 unspecified atom stereocenters. The second kappa shape index (κ2) is 14.9. The molecule has 0 N–H and O–H groups in total. The summed E-state index contributed by atoms with van der Waals surface area (Å²) in [5.41, 5.74) is 10.2. The van der Waals surface area contributed by atoms with Crippen molar-refractivity contribution in [2.45, 2.75) is 53.4 Å². The fraction of sp³-hybridized carbons (Fsp3) is 0.205. The predicted molar refractivity (Wildman–Crippen MR) is 182 cm³/mol. The molecule has 231 valence electrons. The van der Waals surface area contributed by atoms with Gasteiger partial charge in [-0.3, -0.25) is 15.0 Å². The Morgan fingerprint density at radius 3 is 1.87 bits per heavy atom. The van der Waals surface area contributed by atoms with Gasteiger partial charge < -0.3 is 4.57 Å². The molecule has 46 heavy (non-hydrogen) atoms. The van der Waals surface area contributed by atoms with Gasteiger partial charge in [0.25, 0.3) is 0 Å². The molecule has 6 rings (SSSR count). The van der Waals surface area contributed by atoms with Gasteiger partial charge in [-0.1, -0.05) is 45.9 Å². The number of aromatic nitrogens is 4. The Hall–Kier alpha value is -4.94. The molecule has 2 heterocycles. The molecule has 0 atom stereocenters. The molecule has 0 aliphatic rings. The van der Waals surface area contributed by atoms with Crippen LogP contribution >= 0.6 is 0 Å². The van der Waals surface area contributed by atoms with Crippen molar-refractivity contribution >= 4 is 22.4 Å². The van der Waals surface area contributed by atoms with Crippen LogP contribution in [-0.2, 0) is 20.1 Å². The van der Waals surface area contributed by atoms with Crippen molar-refractivity contribution in [2.24, 2.45) is 0 Å². The molecule has 0 bridgehead atoms. The van der Waals surface area contributed by atoms with Crippen LogP contribution in [0, 0.1) is 39.1 Å². The number of rotatable bonds is 5. The maximum absolute atomic E-state index is 7.59. The van der Waals surface area contributed by atoms with Crippen LogP contribution in [-0.4, -0.2) is 19.5 Å². The van der Waals surface area contributed by atoms with E-state index in [1.165, 1.54) is 0 Å². The summed E-state index contributed by atoms with van der Waals surface area (Å²) in [4.78, 5) is 21.0. The van der Waals surface area contributed by atoms with Crippen molar-refractivity contribution < 1.29 is 20.1 Å². The van der Waals surface area contributed by atoms with Gasteiger partial charge in [-0.15, -0.1) is 71.8 Å². The third-order valence-electron chi connectivity index (χ3n) is 7.64. The average Bonchev–Trinajstić information content (AvgIpc) is 3.44. The van der Waals surface area contributed by atoms with Crippen LogP contribution in [0.2, 0.25) is 0 Å². The number of hydrogen-bond donors (Lipinski definition) is 0. The summed E-state index contributed by atoms with van der Waals surface area (Å²) in [6, 6.07) is 31.6. The summed E-state index contributed by atoms with van der Waals surface area (Å²) in [5, 5.41) is 0. The molecule has 2 aromatic heterocycles. The molecular weight excluding hydrogens is 745 g/mol. The zero-order chi connectivity index (χ0) is 32.1.